The summed E-state index contributed by atoms with van der Waals surface area (Å²) in [5, 5.41) is 9.32. The van der Waals surface area contributed by atoms with Crippen LogP contribution in [0.15, 0.2) is 41.0 Å². The molecule has 32 heavy (non-hydrogen) atoms. The molecule has 0 radical (unpaired) electrons. The lowest BCUT2D eigenvalue weighted by Crippen LogP contribution is -2.53. The third kappa shape index (κ3) is 4.13. The number of fused-ring (bicyclic) bond motifs is 1. The van der Waals surface area contributed by atoms with E-state index in [-0.39, 0.29) is 17.7 Å². The van der Waals surface area contributed by atoms with Crippen molar-refractivity contribution in [2.75, 3.05) is 13.1 Å². The van der Waals surface area contributed by atoms with Gasteiger partial charge in [-0.15, -0.1) is 0 Å². The van der Waals surface area contributed by atoms with E-state index in [1.165, 1.54) is 0 Å². The van der Waals surface area contributed by atoms with Crippen molar-refractivity contribution in [3.63, 3.8) is 0 Å². The normalized spacial score (nSPS) is 21.2. The van der Waals surface area contributed by atoms with Crippen LogP contribution in [-0.2, 0) is 20.9 Å². The predicted molar refractivity (Wildman–Crippen MR) is 116 cm³/mol. The summed E-state index contributed by atoms with van der Waals surface area (Å²) < 4.78 is 17.9. The van der Waals surface area contributed by atoms with Crippen LogP contribution < -0.4 is 4.74 Å². The Kier molecular flexibility index (Phi) is 5.45. The van der Waals surface area contributed by atoms with Crippen molar-refractivity contribution in [3.8, 4) is 17.1 Å². The Labute approximate surface area is 187 Å². The van der Waals surface area contributed by atoms with Crippen LogP contribution in [0.1, 0.15) is 56.9 Å². The molecule has 1 amide bonds. The molecule has 1 spiro atoms. The van der Waals surface area contributed by atoms with Crippen molar-refractivity contribution in [2.24, 2.45) is 5.41 Å². The monoisotopic (exact) mass is 439 g/mol. The Balaban J connectivity index is 1.21. The van der Waals surface area contributed by atoms with E-state index in [1.807, 2.05) is 35.2 Å². The van der Waals surface area contributed by atoms with Gasteiger partial charge in [-0.25, -0.2) is 0 Å². The van der Waals surface area contributed by atoms with Gasteiger partial charge in [-0.05, 0) is 48.6 Å². The lowest BCUT2D eigenvalue weighted by Gasteiger charge is -2.44. The molecule has 2 fully saturated rings. The number of aliphatic carboxylic acids is 1. The second-order valence-corrected chi connectivity index (χ2v) is 9.44. The van der Waals surface area contributed by atoms with Crippen LogP contribution in [0.4, 0.5) is 0 Å². The van der Waals surface area contributed by atoms with Gasteiger partial charge in [0.15, 0.2) is 0 Å². The highest BCUT2D eigenvalue weighted by molar-refractivity contribution is 5.78. The number of carboxylic acid groups (broad SMARTS) is 1. The zero-order chi connectivity index (χ0) is 22.2. The molecule has 1 N–H and O–H groups in total. The van der Waals surface area contributed by atoms with Crippen LogP contribution in [0.25, 0.3) is 11.3 Å². The largest absolute Gasteiger partial charge is 0.481 e. The Morgan fingerprint density at radius 2 is 1.81 bits per heavy atom. The number of amides is 1. The number of rotatable bonds is 5. The molecule has 2 aromatic rings. The van der Waals surface area contributed by atoms with Gasteiger partial charge < -0.3 is 23.9 Å². The molecule has 7 heteroatoms. The second-order valence-electron chi connectivity index (χ2n) is 9.44. The number of hydrogen-bond acceptors (Lipinski definition) is 5. The van der Waals surface area contributed by atoms with Gasteiger partial charge in [0.1, 0.15) is 11.5 Å². The number of carbonyl (C=O) groups excluding carboxylic acids is 1. The fourth-order valence-corrected chi connectivity index (χ4v) is 5.46. The zero-order valence-corrected chi connectivity index (χ0v) is 18.2. The quantitative estimate of drug-likeness (QED) is 0.732. The van der Waals surface area contributed by atoms with E-state index in [2.05, 4.69) is 0 Å². The number of hydrogen-bond donors (Lipinski definition) is 1. The number of carbonyl (C=O) groups is 2. The highest BCUT2D eigenvalue weighted by atomic mass is 16.7. The molecule has 1 aliphatic carbocycles. The molecule has 5 rings (SSSR count). The summed E-state index contributed by atoms with van der Waals surface area (Å²) in [5.74, 6) is 0.167. The number of nitrogens with zero attached hydrogens (tertiary/aromatic N) is 1. The number of benzene rings is 1. The summed E-state index contributed by atoms with van der Waals surface area (Å²) in [6.45, 7) is 1.57. The molecule has 1 aromatic carbocycles. The first kappa shape index (κ1) is 21.1. The van der Waals surface area contributed by atoms with Crippen LogP contribution in [0.3, 0.4) is 0 Å². The number of likely N-dealkylation sites (tertiary alicyclic amines) is 1. The summed E-state index contributed by atoms with van der Waals surface area (Å²) in [4.78, 5) is 26.2. The number of piperidine rings is 1. The molecule has 0 unspecified atom stereocenters. The van der Waals surface area contributed by atoms with Gasteiger partial charge in [0, 0.05) is 43.5 Å². The molecule has 2 aliphatic heterocycles. The number of ether oxygens (including phenoxy) is 2. The third-order valence-electron chi connectivity index (χ3n) is 7.25. The van der Waals surface area contributed by atoms with Crippen molar-refractivity contribution in [1.29, 1.82) is 0 Å². The van der Waals surface area contributed by atoms with E-state index in [9.17, 15) is 14.7 Å². The van der Waals surface area contributed by atoms with Gasteiger partial charge in [0.25, 0.3) is 0 Å². The van der Waals surface area contributed by atoms with Crippen LogP contribution in [0, 0.1) is 5.41 Å². The van der Waals surface area contributed by atoms with E-state index in [0.29, 0.717) is 39.0 Å². The van der Waals surface area contributed by atoms with Gasteiger partial charge in [-0.2, -0.15) is 0 Å². The second kappa shape index (κ2) is 8.28. The summed E-state index contributed by atoms with van der Waals surface area (Å²) in [6, 6.07) is 9.77. The third-order valence-corrected chi connectivity index (χ3v) is 7.25. The molecule has 3 aliphatic rings. The summed E-state index contributed by atoms with van der Waals surface area (Å²) in [6.07, 6.45) is 6.93. The fraction of sp³-hybridized carbons (Fsp3) is 0.520. The van der Waals surface area contributed by atoms with Crippen molar-refractivity contribution in [1.82, 2.24) is 4.90 Å². The Morgan fingerprint density at radius 3 is 2.50 bits per heavy atom. The van der Waals surface area contributed by atoms with Crippen molar-refractivity contribution in [3.05, 3.63) is 42.2 Å². The molecule has 1 aromatic heterocycles. The number of furan rings is 1. The molecular formula is C25H29NO6. The minimum absolute atomic E-state index is 0.0577. The maximum Gasteiger partial charge on any atom is 0.303 e. The lowest BCUT2D eigenvalue weighted by atomic mass is 9.79. The van der Waals surface area contributed by atoms with Crippen LogP contribution in [-0.4, -0.2) is 40.8 Å². The maximum atomic E-state index is 13.0. The average Bonchev–Trinajstić information content (AvgIpc) is 3.46. The Bertz CT molecular complexity index is 984. The molecule has 0 atom stereocenters. The molecule has 1 saturated heterocycles. The van der Waals surface area contributed by atoms with Crippen LogP contribution in [0.5, 0.6) is 5.75 Å². The lowest BCUT2D eigenvalue weighted by molar-refractivity contribution is -0.227. The van der Waals surface area contributed by atoms with Crippen molar-refractivity contribution in [2.45, 2.75) is 63.8 Å². The zero-order valence-electron chi connectivity index (χ0n) is 18.2. The first-order valence-electron chi connectivity index (χ1n) is 11.5. The topological polar surface area (TPSA) is 89.2 Å². The van der Waals surface area contributed by atoms with Gasteiger partial charge in [-0.3, -0.25) is 9.59 Å². The standard InChI is InChI=1S/C25H29NO6/c27-22(15-24(16-23(28)29)7-1-2-8-24)26-11-9-25(10-12-26)31-17-19-14-18(5-6-21(19)32-25)20-4-3-13-30-20/h3-6,13-14H,1-2,7-12,15-17H2,(H,28,29). The van der Waals surface area contributed by atoms with E-state index in [0.717, 1.165) is 48.3 Å². The minimum Gasteiger partial charge on any atom is -0.481 e. The van der Waals surface area contributed by atoms with Gasteiger partial charge in [0.05, 0.1) is 19.3 Å². The molecule has 7 nitrogen and oxygen atoms in total. The predicted octanol–water partition coefficient (Wildman–Crippen LogP) is 4.60. The average molecular weight is 440 g/mol. The highest BCUT2D eigenvalue weighted by Crippen LogP contribution is 2.45. The first-order valence-corrected chi connectivity index (χ1v) is 11.5. The molecule has 170 valence electrons. The SMILES string of the molecule is O=C(O)CC1(CC(=O)N2CCC3(CC2)OCc2cc(-c4ccco4)ccc2O3)CCCC1. The smallest absolute Gasteiger partial charge is 0.303 e. The maximum absolute atomic E-state index is 13.0. The van der Waals surface area contributed by atoms with Crippen molar-refractivity contribution >= 4 is 11.9 Å². The molecule has 1 saturated carbocycles. The van der Waals surface area contributed by atoms with Gasteiger partial charge >= 0.3 is 5.97 Å². The van der Waals surface area contributed by atoms with E-state index in [1.54, 1.807) is 6.26 Å². The van der Waals surface area contributed by atoms with Crippen LogP contribution in [0.2, 0.25) is 0 Å². The summed E-state index contributed by atoms with van der Waals surface area (Å²) >= 11 is 0. The van der Waals surface area contributed by atoms with E-state index in [4.69, 9.17) is 13.9 Å². The van der Waals surface area contributed by atoms with E-state index >= 15 is 0 Å². The first-order chi connectivity index (χ1) is 15.5. The molecule has 3 heterocycles. The van der Waals surface area contributed by atoms with Crippen molar-refractivity contribution < 1.29 is 28.6 Å². The highest BCUT2D eigenvalue weighted by Gasteiger charge is 2.44. The Morgan fingerprint density at radius 1 is 1.03 bits per heavy atom. The fourth-order valence-electron chi connectivity index (χ4n) is 5.46. The minimum atomic E-state index is -0.810. The Hall–Kier alpha value is -2.80. The summed E-state index contributed by atoms with van der Waals surface area (Å²) in [7, 11) is 0. The van der Waals surface area contributed by atoms with Crippen LogP contribution >= 0.6 is 0 Å². The van der Waals surface area contributed by atoms with E-state index < -0.39 is 11.8 Å². The molecular weight excluding hydrogens is 410 g/mol. The van der Waals surface area contributed by atoms with Gasteiger partial charge in [0.2, 0.25) is 11.7 Å². The molecule has 0 bridgehead atoms. The van der Waals surface area contributed by atoms with Gasteiger partial charge in [-0.1, -0.05) is 12.8 Å². The summed E-state index contributed by atoms with van der Waals surface area (Å²) in [5.41, 5.74) is 1.60. The number of carboxylic acids is 1.